The fraction of sp³-hybridized carbons (Fsp3) is 0.292. The van der Waals surface area contributed by atoms with Crippen LogP contribution in [0.5, 0.6) is 11.5 Å². The molecule has 3 aromatic heterocycles. The van der Waals surface area contributed by atoms with Gasteiger partial charge in [-0.05, 0) is 37.1 Å². The zero-order valence-electron chi connectivity index (χ0n) is 20.7. The lowest BCUT2D eigenvalue weighted by molar-refractivity contribution is 0.391. The average Bonchev–Trinajstić information content (AvgIpc) is 3.31. The first-order valence-electron chi connectivity index (χ1n) is 11.4. The molecule has 4 aromatic rings. The molecule has 0 saturated heterocycles. The van der Waals surface area contributed by atoms with E-state index in [0.717, 1.165) is 24.4 Å². The highest BCUT2D eigenvalue weighted by atomic mass is 32.2. The molecule has 11 nitrogen and oxygen atoms in total. The average molecular weight is 528 g/mol. The Morgan fingerprint density at radius 3 is 2.35 bits per heavy atom. The van der Waals surface area contributed by atoms with E-state index in [1.165, 1.54) is 25.7 Å². The molecule has 0 spiro atoms. The zero-order valence-corrected chi connectivity index (χ0v) is 21.5. The largest absolute Gasteiger partial charge is 0.494 e. The zero-order chi connectivity index (χ0) is 26.6. The smallest absolute Gasteiger partial charge is 0.243 e. The normalized spacial score (nSPS) is 12.2. The lowest BCUT2D eigenvalue weighted by Gasteiger charge is -2.19. The van der Waals surface area contributed by atoms with Gasteiger partial charge in [0.05, 0.1) is 31.9 Å². The Morgan fingerprint density at radius 1 is 1.05 bits per heavy atom. The number of hydrogen-bond acceptors (Lipinski definition) is 9. The van der Waals surface area contributed by atoms with Crippen LogP contribution in [0.4, 0.5) is 10.3 Å². The van der Waals surface area contributed by atoms with Crippen molar-refractivity contribution in [2.75, 3.05) is 18.9 Å². The second-order valence-electron chi connectivity index (χ2n) is 8.11. The number of para-hydroxylation sites is 1. The third kappa shape index (κ3) is 5.50. The summed E-state index contributed by atoms with van der Waals surface area (Å²) >= 11 is 0. The molecule has 194 valence electrons. The van der Waals surface area contributed by atoms with Gasteiger partial charge in [0.25, 0.3) is 0 Å². The summed E-state index contributed by atoms with van der Waals surface area (Å²) in [7, 11) is -1.02. The van der Waals surface area contributed by atoms with E-state index < -0.39 is 21.1 Å². The molecule has 0 aliphatic heterocycles. The van der Waals surface area contributed by atoms with Crippen LogP contribution in [0.2, 0.25) is 0 Å². The van der Waals surface area contributed by atoms with E-state index in [9.17, 15) is 12.8 Å². The van der Waals surface area contributed by atoms with Crippen molar-refractivity contribution < 1.29 is 22.3 Å². The molecule has 4 rings (SSSR count). The molecule has 1 aromatic carbocycles. The maximum atomic E-state index is 13.3. The van der Waals surface area contributed by atoms with Gasteiger partial charge in [-0.1, -0.05) is 13.0 Å². The van der Waals surface area contributed by atoms with E-state index in [1.807, 2.05) is 13.0 Å². The third-order valence-corrected chi connectivity index (χ3v) is 7.35. The molecule has 1 unspecified atom stereocenters. The molecular weight excluding hydrogens is 501 g/mol. The van der Waals surface area contributed by atoms with Gasteiger partial charge in [-0.3, -0.25) is 14.3 Å². The molecule has 0 aliphatic rings. The summed E-state index contributed by atoms with van der Waals surface area (Å²) in [6, 6.07) is 7.09. The number of nitrogens with zero attached hydrogens (tertiary/aromatic N) is 6. The summed E-state index contributed by atoms with van der Waals surface area (Å²) in [4.78, 5) is 12.0. The van der Waals surface area contributed by atoms with E-state index in [1.54, 1.807) is 30.6 Å². The molecule has 1 N–H and O–H groups in total. The van der Waals surface area contributed by atoms with Crippen molar-refractivity contribution in [1.82, 2.24) is 29.7 Å². The van der Waals surface area contributed by atoms with Crippen molar-refractivity contribution in [2.24, 2.45) is 0 Å². The molecule has 0 amide bonds. The second-order valence-corrected chi connectivity index (χ2v) is 10.2. The molecular formula is C24H26FN7O4S. The third-order valence-electron chi connectivity index (χ3n) is 5.66. The number of halogens is 1. The first-order chi connectivity index (χ1) is 17.8. The number of aryl methyl sites for hydroxylation is 1. The number of ether oxygens (including phenoxy) is 2. The number of anilines is 1. The molecule has 37 heavy (non-hydrogen) atoms. The van der Waals surface area contributed by atoms with E-state index in [0.29, 0.717) is 28.6 Å². The number of rotatable bonds is 10. The van der Waals surface area contributed by atoms with Crippen LogP contribution in [-0.4, -0.2) is 57.6 Å². The monoisotopic (exact) mass is 527 g/mol. The van der Waals surface area contributed by atoms with Gasteiger partial charge in [-0.2, -0.15) is 0 Å². The summed E-state index contributed by atoms with van der Waals surface area (Å²) in [5.41, 5.74) is 1.99. The Morgan fingerprint density at radius 2 is 1.73 bits per heavy atom. The van der Waals surface area contributed by atoms with Gasteiger partial charge in [0.15, 0.2) is 11.6 Å². The number of nitrogens with one attached hydrogen (secondary N) is 1. The Hall–Kier alpha value is -4.13. The van der Waals surface area contributed by atoms with E-state index in [2.05, 4.69) is 29.9 Å². The molecule has 13 heteroatoms. The van der Waals surface area contributed by atoms with Crippen molar-refractivity contribution in [3.8, 4) is 28.6 Å². The minimum atomic E-state index is -4.02. The van der Waals surface area contributed by atoms with Gasteiger partial charge >= 0.3 is 0 Å². The van der Waals surface area contributed by atoms with Crippen LogP contribution < -0.4 is 14.2 Å². The van der Waals surface area contributed by atoms with Crippen LogP contribution >= 0.6 is 0 Å². The Bertz CT molecular complexity index is 1470. The van der Waals surface area contributed by atoms with Crippen molar-refractivity contribution in [2.45, 2.75) is 31.9 Å². The highest BCUT2D eigenvalue weighted by Crippen LogP contribution is 2.37. The van der Waals surface area contributed by atoms with Crippen LogP contribution in [0, 0.1) is 5.82 Å². The fourth-order valence-corrected chi connectivity index (χ4v) is 4.60. The Balaban J connectivity index is 1.82. The number of sulfonamides is 1. The van der Waals surface area contributed by atoms with Crippen LogP contribution in [0.25, 0.3) is 17.1 Å². The summed E-state index contributed by atoms with van der Waals surface area (Å²) < 4.78 is 55.0. The quantitative estimate of drug-likeness (QED) is 0.330. The summed E-state index contributed by atoms with van der Waals surface area (Å²) in [5, 5.41) is 7.48. The first kappa shape index (κ1) is 25.9. The highest BCUT2D eigenvalue weighted by molar-refractivity contribution is 7.93. The molecule has 0 radical (unpaired) electrons. The summed E-state index contributed by atoms with van der Waals surface area (Å²) in [6.07, 6.45) is 6.05. The van der Waals surface area contributed by atoms with Crippen LogP contribution in [-0.2, 0) is 22.9 Å². The molecule has 0 fully saturated rings. The van der Waals surface area contributed by atoms with Gasteiger partial charge in [-0.25, -0.2) is 22.8 Å². The van der Waals surface area contributed by atoms with Crippen LogP contribution in [0.15, 0.2) is 49.1 Å². The van der Waals surface area contributed by atoms with E-state index in [4.69, 9.17) is 9.47 Å². The van der Waals surface area contributed by atoms with Gasteiger partial charge in [0.2, 0.25) is 16.0 Å². The van der Waals surface area contributed by atoms with Gasteiger partial charge < -0.3 is 9.47 Å². The molecule has 0 bridgehead atoms. The number of methoxy groups -OCH3 is 2. The number of benzene rings is 1. The van der Waals surface area contributed by atoms with E-state index in [-0.39, 0.29) is 18.2 Å². The highest BCUT2D eigenvalue weighted by Gasteiger charge is 2.28. The van der Waals surface area contributed by atoms with Crippen molar-refractivity contribution >= 4 is 16.0 Å². The predicted octanol–water partition coefficient (Wildman–Crippen LogP) is 3.21. The summed E-state index contributed by atoms with van der Waals surface area (Å²) in [5.74, 6) is 0.659. The Labute approximate surface area is 213 Å². The Kier molecular flexibility index (Phi) is 7.62. The van der Waals surface area contributed by atoms with Crippen molar-refractivity contribution in [1.29, 1.82) is 0 Å². The number of pyridine rings is 1. The lowest BCUT2D eigenvalue weighted by Crippen LogP contribution is -2.29. The SMILES string of the molecule is CCc1cncc(-c2nnc(NS(=O)(=O)C(C)Cc3ncc(F)cn3)n2-c2c(OC)cccc2OC)c1. The van der Waals surface area contributed by atoms with Crippen molar-refractivity contribution in [3.05, 3.63) is 66.3 Å². The maximum Gasteiger partial charge on any atom is 0.243 e. The first-order valence-corrected chi connectivity index (χ1v) is 12.9. The van der Waals surface area contributed by atoms with Crippen molar-refractivity contribution in [3.63, 3.8) is 0 Å². The molecule has 1 atom stereocenters. The number of hydrogen-bond donors (Lipinski definition) is 1. The van der Waals surface area contributed by atoms with E-state index >= 15 is 0 Å². The topological polar surface area (TPSA) is 134 Å². The minimum absolute atomic E-state index is 0.0446. The molecule has 3 heterocycles. The minimum Gasteiger partial charge on any atom is -0.494 e. The van der Waals surface area contributed by atoms with Gasteiger partial charge in [0.1, 0.15) is 23.0 Å². The van der Waals surface area contributed by atoms with Gasteiger partial charge in [0, 0.05) is 24.4 Å². The molecule has 0 aliphatic carbocycles. The molecule has 0 saturated carbocycles. The number of aromatic nitrogens is 6. The lowest BCUT2D eigenvalue weighted by atomic mass is 10.1. The standard InChI is InChI=1S/C24H26FN7O4S/c1-5-16-10-17(12-26-11-16)23-29-30-24(32(23)22-19(35-3)7-6-8-20(22)36-4)31-37(33,34)15(2)9-21-27-13-18(25)14-28-21/h6-8,10-15H,5,9H2,1-4H3,(H,30,31). The van der Waals surface area contributed by atoms with Crippen LogP contribution in [0.3, 0.4) is 0 Å². The predicted molar refractivity (Wildman–Crippen MR) is 135 cm³/mol. The fourth-order valence-electron chi connectivity index (χ4n) is 3.64. The maximum absolute atomic E-state index is 13.3. The van der Waals surface area contributed by atoms with Crippen LogP contribution in [0.1, 0.15) is 25.2 Å². The second kappa shape index (κ2) is 10.9. The van der Waals surface area contributed by atoms with Gasteiger partial charge in [-0.15, -0.1) is 10.2 Å². The summed E-state index contributed by atoms with van der Waals surface area (Å²) in [6.45, 7) is 3.50.